The standard InChI is InChI=1S/C30H25N3O/c31-28-24-14-8-7-13-23(24)27-25-16-15-22(17-26(25)34-30(27)29(28)32)33(18-20-9-3-1-4-10-20)19-21-11-5-2-6-12-21/h1-17H,18-19,31-32H2. The van der Waals surface area contributed by atoms with Crippen molar-refractivity contribution in [1.82, 2.24) is 0 Å². The second kappa shape index (κ2) is 8.16. The van der Waals surface area contributed by atoms with Crippen LogP contribution in [0, 0.1) is 0 Å². The molecule has 5 aromatic carbocycles. The van der Waals surface area contributed by atoms with E-state index in [0.29, 0.717) is 17.0 Å². The molecule has 0 aliphatic rings. The number of furan rings is 1. The Labute approximate surface area is 198 Å². The zero-order valence-electron chi connectivity index (χ0n) is 18.7. The van der Waals surface area contributed by atoms with Gasteiger partial charge in [-0.15, -0.1) is 0 Å². The minimum absolute atomic E-state index is 0.497. The lowest BCUT2D eigenvalue weighted by Gasteiger charge is -2.25. The molecule has 1 heterocycles. The van der Waals surface area contributed by atoms with Gasteiger partial charge in [0.2, 0.25) is 0 Å². The minimum atomic E-state index is 0.497. The maximum Gasteiger partial charge on any atom is 0.161 e. The Hall–Kier alpha value is -4.44. The molecule has 0 saturated carbocycles. The van der Waals surface area contributed by atoms with E-state index in [1.54, 1.807) is 0 Å². The largest absolute Gasteiger partial charge is 0.454 e. The molecule has 6 aromatic rings. The second-order valence-electron chi connectivity index (χ2n) is 8.69. The first-order chi connectivity index (χ1) is 16.7. The SMILES string of the molecule is Nc1c(N)c2oc3cc(N(Cc4ccccc4)Cc4ccccc4)ccc3c2c2ccccc12. The highest BCUT2D eigenvalue weighted by molar-refractivity contribution is 6.25. The van der Waals surface area contributed by atoms with Gasteiger partial charge in [0.25, 0.3) is 0 Å². The maximum absolute atomic E-state index is 6.42. The van der Waals surface area contributed by atoms with Crippen LogP contribution in [-0.2, 0) is 13.1 Å². The Morgan fingerprint density at radius 3 is 1.82 bits per heavy atom. The van der Waals surface area contributed by atoms with E-state index in [4.69, 9.17) is 15.9 Å². The van der Waals surface area contributed by atoms with Crippen LogP contribution in [0.25, 0.3) is 32.7 Å². The van der Waals surface area contributed by atoms with E-state index in [2.05, 4.69) is 77.7 Å². The number of hydrogen-bond acceptors (Lipinski definition) is 4. The first-order valence-corrected chi connectivity index (χ1v) is 11.4. The summed E-state index contributed by atoms with van der Waals surface area (Å²) in [5, 5.41) is 4.07. The molecule has 4 heteroatoms. The Bertz CT molecular complexity index is 1580. The summed E-state index contributed by atoms with van der Waals surface area (Å²) >= 11 is 0. The van der Waals surface area contributed by atoms with Crippen molar-refractivity contribution in [2.75, 3.05) is 16.4 Å². The number of anilines is 3. The normalized spacial score (nSPS) is 11.4. The molecule has 4 N–H and O–H groups in total. The Kier molecular flexibility index (Phi) is 4.84. The lowest BCUT2D eigenvalue weighted by Crippen LogP contribution is -2.22. The topological polar surface area (TPSA) is 68.4 Å². The van der Waals surface area contributed by atoms with Gasteiger partial charge in [-0.25, -0.2) is 0 Å². The Morgan fingerprint density at radius 1 is 0.588 bits per heavy atom. The Morgan fingerprint density at radius 2 is 1.18 bits per heavy atom. The maximum atomic E-state index is 6.42. The smallest absolute Gasteiger partial charge is 0.161 e. The summed E-state index contributed by atoms with van der Waals surface area (Å²) in [5.41, 5.74) is 18.9. The molecule has 0 radical (unpaired) electrons. The third-order valence-electron chi connectivity index (χ3n) is 6.49. The van der Waals surface area contributed by atoms with Crippen LogP contribution in [-0.4, -0.2) is 0 Å². The van der Waals surface area contributed by atoms with Gasteiger partial charge in [0.15, 0.2) is 5.58 Å². The van der Waals surface area contributed by atoms with Crippen LogP contribution < -0.4 is 16.4 Å². The van der Waals surface area contributed by atoms with Gasteiger partial charge < -0.3 is 20.8 Å². The first kappa shape index (κ1) is 20.2. The van der Waals surface area contributed by atoms with Gasteiger partial charge in [-0.05, 0) is 28.6 Å². The van der Waals surface area contributed by atoms with Gasteiger partial charge in [-0.2, -0.15) is 0 Å². The van der Waals surface area contributed by atoms with Crippen molar-refractivity contribution in [1.29, 1.82) is 0 Å². The molecule has 0 amide bonds. The minimum Gasteiger partial charge on any atom is -0.454 e. The molecule has 0 bridgehead atoms. The summed E-state index contributed by atoms with van der Waals surface area (Å²) < 4.78 is 6.33. The van der Waals surface area contributed by atoms with E-state index in [9.17, 15) is 0 Å². The van der Waals surface area contributed by atoms with Gasteiger partial charge in [0, 0.05) is 41.0 Å². The van der Waals surface area contributed by atoms with E-state index in [0.717, 1.165) is 45.9 Å². The van der Waals surface area contributed by atoms with Gasteiger partial charge >= 0.3 is 0 Å². The number of rotatable bonds is 5. The van der Waals surface area contributed by atoms with Crippen LogP contribution in [0.2, 0.25) is 0 Å². The summed E-state index contributed by atoms with van der Waals surface area (Å²) in [6.45, 7) is 1.58. The third-order valence-corrected chi connectivity index (χ3v) is 6.49. The van der Waals surface area contributed by atoms with E-state index < -0.39 is 0 Å². The van der Waals surface area contributed by atoms with E-state index >= 15 is 0 Å². The molecule has 0 atom stereocenters. The zero-order valence-corrected chi connectivity index (χ0v) is 18.7. The van der Waals surface area contributed by atoms with Crippen LogP contribution in [0.4, 0.5) is 17.1 Å². The Balaban J connectivity index is 1.51. The zero-order chi connectivity index (χ0) is 23.1. The quantitative estimate of drug-likeness (QED) is 0.220. The van der Waals surface area contributed by atoms with E-state index in [1.165, 1.54) is 11.1 Å². The highest BCUT2D eigenvalue weighted by atomic mass is 16.3. The van der Waals surface area contributed by atoms with Gasteiger partial charge in [0.05, 0.1) is 11.4 Å². The summed E-state index contributed by atoms with van der Waals surface area (Å²) in [4.78, 5) is 2.37. The molecule has 0 aliphatic carbocycles. The van der Waals surface area contributed by atoms with Crippen LogP contribution >= 0.6 is 0 Å². The fourth-order valence-corrected chi connectivity index (χ4v) is 4.79. The summed E-state index contributed by atoms with van der Waals surface area (Å²) in [7, 11) is 0. The van der Waals surface area contributed by atoms with Gasteiger partial charge in [0.1, 0.15) is 5.58 Å². The van der Waals surface area contributed by atoms with Crippen LogP contribution in [0.5, 0.6) is 0 Å². The predicted octanol–water partition coefficient (Wildman–Crippen LogP) is 7.11. The number of hydrogen-bond donors (Lipinski definition) is 2. The number of nitrogens with zero attached hydrogens (tertiary/aromatic N) is 1. The fraction of sp³-hybridized carbons (Fsp3) is 0.0667. The lowest BCUT2D eigenvalue weighted by molar-refractivity contribution is 0.670. The molecule has 0 unspecified atom stereocenters. The van der Waals surface area contributed by atoms with E-state index in [1.807, 2.05) is 30.3 Å². The number of fused-ring (bicyclic) bond motifs is 5. The second-order valence-corrected chi connectivity index (χ2v) is 8.69. The molecule has 0 saturated heterocycles. The molecule has 34 heavy (non-hydrogen) atoms. The number of nitrogens with two attached hydrogens (primary N) is 2. The van der Waals surface area contributed by atoms with Crippen LogP contribution in [0.3, 0.4) is 0 Å². The summed E-state index contributed by atoms with van der Waals surface area (Å²) in [6.07, 6.45) is 0. The van der Waals surface area contributed by atoms with Gasteiger partial charge in [-0.1, -0.05) is 84.9 Å². The number of nitrogen functional groups attached to an aromatic ring is 2. The predicted molar refractivity (Wildman–Crippen MR) is 143 cm³/mol. The van der Waals surface area contributed by atoms with Crippen LogP contribution in [0.15, 0.2) is 108 Å². The van der Waals surface area contributed by atoms with Crippen LogP contribution in [0.1, 0.15) is 11.1 Å². The molecule has 4 nitrogen and oxygen atoms in total. The highest BCUT2D eigenvalue weighted by Crippen LogP contribution is 2.42. The van der Waals surface area contributed by atoms with Crippen molar-refractivity contribution in [3.63, 3.8) is 0 Å². The molecule has 1 aromatic heterocycles. The van der Waals surface area contributed by atoms with Crippen molar-refractivity contribution in [2.45, 2.75) is 13.1 Å². The van der Waals surface area contributed by atoms with Crippen molar-refractivity contribution < 1.29 is 4.42 Å². The molecule has 0 spiro atoms. The van der Waals surface area contributed by atoms with Crippen molar-refractivity contribution in [3.8, 4) is 0 Å². The third kappa shape index (κ3) is 3.41. The summed E-state index contributed by atoms with van der Waals surface area (Å²) in [5.74, 6) is 0. The molecular weight excluding hydrogens is 418 g/mol. The average molecular weight is 444 g/mol. The van der Waals surface area contributed by atoms with Crippen molar-refractivity contribution >= 4 is 49.8 Å². The lowest BCUT2D eigenvalue weighted by atomic mass is 10.0. The molecule has 166 valence electrons. The van der Waals surface area contributed by atoms with Crippen molar-refractivity contribution in [2.24, 2.45) is 0 Å². The fourth-order valence-electron chi connectivity index (χ4n) is 4.79. The van der Waals surface area contributed by atoms with E-state index in [-0.39, 0.29) is 0 Å². The monoisotopic (exact) mass is 443 g/mol. The number of benzene rings is 5. The average Bonchev–Trinajstić information content (AvgIpc) is 3.27. The first-order valence-electron chi connectivity index (χ1n) is 11.4. The molecule has 0 aliphatic heterocycles. The van der Waals surface area contributed by atoms with Crippen molar-refractivity contribution in [3.05, 3.63) is 114 Å². The van der Waals surface area contributed by atoms with Gasteiger partial charge in [-0.3, -0.25) is 0 Å². The molecule has 6 rings (SSSR count). The molecule has 0 fully saturated rings. The highest BCUT2D eigenvalue weighted by Gasteiger charge is 2.18. The summed E-state index contributed by atoms with van der Waals surface area (Å²) in [6, 6.07) is 35.6. The molecular formula is C30H25N3O.